The predicted molar refractivity (Wildman–Crippen MR) is 107 cm³/mol. The molecule has 1 aliphatic rings. The zero-order valence-electron chi connectivity index (χ0n) is 16.2. The second kappa shape index (κ2) is 7.86. The number of Topliss-reactive ketones (excluding diaryl/α,β-unsaturated/α-hetero) is 1. The van der Waals surface area contributed by atoms with Crippen LogP contribution in [0.4, 0.5) is 0 Å². The van der Waals surface area contributed by atoms with Crippen molar-refractivity contribution in [2.24, 2.45) is 0 Å². The third-order valence-electron chi connectivity index (χ3n) is 4.88. The number of phenols is 1. The minimum atomic E-state index is -0.745. The van der Waals surface area contributed by atoms with Gasteiger partial charge in [0.15, 0.2) is 0 Å². The van der Waals surface area contributed by atoms with Gasteiger partial charge in [-0.2, -0.15) is 0 Å². The number of likely N-dealkylation sites (N-methyl/N-ethyl adjacent to an activating group) is 1. The van der Waals surface area contributed by atoms with E-state index >= 15 is 0 Å². The van der Waals surface area contributed by atoms with Gasteiger partial charge in [0.05, 0.1) is 17.2 Å². The van der Waals surface area contributed by atoms with Gasteiger partial charge in [0, 0.05) is 13.1 Å². The van der Waals surface area contributed by atoms with Crippen LogP contribution in [0.3, 0.4) is 0 Å². The molecule has 2 aromatic carbocycles. The van der Waals surface area contributed by atoms with Gasteiger partial charge in [-0.1, -0.05) is 42.0 Å². The number of amides is 1. The number of hydrogen-bond acceptors (Lipinski definition) is 5. The molecule has 1 heterocycles. The maximum atomic E-state index is 12.8. The molecule has 0 saturated carbocycles. The Balaban J connectivity index is 2.16. The van der Waals surface area contributed by atoms with Crippen LogP contribution in [0, 0.1) is 6.92 Å². The van der Waals surface area contributed by atoms with Crippen LogP contribution >= 0.6 is 0 Å². The molecule has 28 heavy (non-hydrogen) atoms. The quantitative estimate of drug-likeness (QED) is 0.474. The number of carbonyl (C=O) groups is 2. The van der Waals surface area contributed by atoms with Crippen LogP contribution in [0.2, 0.25) is 0 Å². The fourth-order valence-corrected chi connectivity index (χ4v) is 3.33. The molecule has 1 atom stereocenters. The number of carbonyl (C=O) groups excluding carboxylic acids is 2. The third kappa shape index (κ3) is 3.64. The van der Waals surface area contributed by atoms with Gasteiger partial charge in [0.2, 0.25) is 0 Å². The number of aliphatic hydroxyl groups excluding tert-OH is 1. The van der Waals surface area contributed by atoms with E-state index in [-0.39, 0.29) is 22.6 Å². The fourth-order valence-electron chi connectivity index (χ4n) is 3.33. The smallest absolute Gasteiger partial charge is 0.295 e. The van der Waals surface area contributed by atoms with Gasteiger partial charge >= 0.3 is 0 Å². The Kier molecular flexibility index (Phi) is 5.51. The largest absolute Gasteiger partial charge is 0.507 e. The first-order valence-corrected chi connectivity index (χ1v) is 9.09. The van der Waals surface area contributed by atoms with E-state index in [1.165, 1.54) is 17.0 Å². The molecule has 0 aromatic heterocycles. The number of likely N-dealkylation sites (tertiary alicyclic amines) is 1. The average Bonchev–Trinajstić information content (AvgIpc) is 2.91. The van der Waals surface area contributed by atoms with Gasteiger partial charge in [0.25, 0.3) is 11.7 Å². The Morgan fingerprint density at radius 2 is 1.71 bits per heavy atom. The monoisotopic (exact) mass is 380 g/mol. The molecule has 2 aromatic rings. The Morgan fingerprint density at radius 1 is 1.07 bits per heavy atom. The molecule has 0 spiro atoms. The van der Waals surface area contributed by atoms with Gasteiger partial charge < -0.3 is 20.0 Å². The number of ketones is 1. The Labute approximate surface area is 164 Å². The van der Waals surface area contributed by atoms with Crippen LogP contribution < -0.4 is 0 Å². The minimum absolute atomic E-state index is 0.00545. The summed E-state index contributed by atoms with van der Waals surface area (Å²) in [6.07, 6.45) is 0. The highest BCUT2D eigenvalue weighted by molar-refractivity contribution is 6.46. The molecule has 0 aliphatic carbocycles. The van der Waals surface area contributed by atoms with E-state index in [1.807, 2.05) is 50.2 Å². The maximum Gasteiger partial charge on any atom is 0.295 e. The first-order chi connectivity index (χ1) is 13.3. The molecule has 6 heteroatoms. The summed E-state index contributed by atoms with van der Waals surface area (Å²) in [5, 5.41) is 21.0. The van der Waals surface area contributed by atoms with Crippen molar-refractivity contribution in [1.29, 1.82) is 0 Å². The first kappa shape index (κ1) is 19.6. The van der Waals surface area contributed by atoms with Crippen LogP contribution in [0.25, 0.3) is 5.76 Å². The third-order valence-corrected chi connectivity index (χ3v) is 4.88. The molecule has 0 unspecified atom stereocenters. The second-order valence-electron chi connectivity index (χ2n) is 7.22. The number of aliphatic hydroxyl groups is 1. The zero-order valence-corrected chi connectivity index (χ0v) is 16.2. The molecular formula is C22H24N2O4. The topological polar surface area (TPSA) is 81.1 Å². The maximum absolute atomic E-state index is 12.8. The first-order valence-electron chi connectivity index (χ1n) is 9.09. The van der Waals surface area contributed by atoms with Gasteiger partial charge in [-0.3, -0.25) is 9.59 Å². The van der Waals surface area contributed by atoms with Crippen molar-refractivity contribution in [2.45, 2.75) is 13.0 Å². The highest BCUT2D eigenvalue weighted by Gasteiger charge is 2.46. The standard InChI is InChI=1S/C22H24N2O4/c1-14-8-10-15(11-9-14)19-18(20(26)16-6-4-5-7-17(16)25)21(27)22(28)24(19)13-12-23(2)3/h4-11,19,25-26H,12-13H2,1-3H3/t19-/m0/s1. The summed E-state index contributed by atoms with van der Waals surface area (Å²) in [5.74, 6) is -1.91. The zero-order chi connectivity index (χ0) is 20.4. The molecule has 1 fully saturated rings. The van der Waals surface area contributed by atoms with Crippen LogP contribution in [0.1, 0.15) is 22.7 Å². The molecule has 1 saturated heterocycles. The minimum Gasteiger partial charge on any atom is -0.507 e. The van der Waals surface area contributed by atoms with E-state index in [1.54, 1.807) is 12.1 Å². The van der Waals surface area contributed by atoms with Crippen molar-refractivity contribution >= 4 is 17.4 Å². The number of aryl methyl sites for hydroxylation is 1. The molecule has 0 radical (unpaired) electrons. The van der Waals surface area contributed by atoms with E-state index in [2.05, 4.69) is 0 Å². The van der Waals surface area contributed by atoms with E-state index in [0.29, 0.717) is 13.1 Å². The summed E-state index contributed by atoms with van der Waals surface area (Å²) in [5.41, 5.74) is 1.91. The van der Waals surface area contributed by atoms with Gasteiger partial charge in [-0.05, 0) is 38.7 Å². The van der Waals surface area contributed by atoms with Crippen LogP contribution in [-0.4, -0.2) is 58.9 Å². The number of hydrogen-bond donors (Lipinski definition) is 2. The summed E-state index contributed by atoms with van der Waals surface area (Å²) in [7, 11) is 3.78. The Morgan fingerprint density at radius 3 is 2.32 bits per heavy atom. The highest BCUT2D eigenvalue weighted by Crippen LogP contribution is 2.40. The predicted octanol–water partition coefficient (Wildman–Crippen LogP) is 2.68. The fraction of sp³-hybridized carbons (Fsp3) is 0.273. The van der Waals surface area contributed by atoms with Crippen LogP contribution in [0.15, 0.2) is 54.1 Å². The molecule has 1 aliphatic heterocycles. The van der Waals surface area contributed by atoms with E-state index in [4.69, 9.17) is 0 Å². The molecule has 2 N–H and O–H groups in total. The Hall–Kier alpha value is -3.12. The summed E-state index contributed by atoms with van der Waals surface area (Å²) in [4.78, 5) is 29.0. The summed E-state index contributed by atoms with van der Waals surface area (Å²) >= 11 is 0. The lowest BCUT2D eigenvalue weighted by molar-refractivity contribution is -0.140. The van der Waals surface area contributed by atoms with Gasteiger partial charge in [-0.25, -0.2) is 0 Å². The number of phenolic OH excluding ortho intramolecular Hbond substituents is 1. The van der Waals surface area contributed by atoms with Gasteiger partial charge in [0.1, 0.15) is 11.5 Å². The molecule has 1 amide bonds. The lowest BCUT2D eigenvalue weighted by Crippen LogP contribution is -2.35. The average molecular weight is 380 g/mol. The van der Waals surface area contributed by atoms with Crippen molar-refractivity contribution < 1.29 is 19.8 Å². The number of rotatable bonds is 5. The molecule has 0 bridgehead atoms. The number of aromatic hydroxyl groups is 1. The van der Waals surface area contributed by atoms with E-state index in [9.17, 15) is 19.8 Å². The molecule has 3 rings (SSSR count). The number of nitrogens with zero attached hydrogens (tertiary/aromatic N) is 2. The normalized spacial score (nSPS) is 18.9. The van der Waals surface area contributed by atoms with Crippen molar-refractivity contribution in [1.82, 2.24) is 9.80 Å². The van der Waals surface area contributed by atoms with Crippen molar-refractivity contribution in [2.75, 3.05) is 27.2 Å². The molecular weight excluding hydrogens is 356 g/mol. The van der Waals surface area contributed by atoms with E-state index in [0.717, 1.165) is 11.1 Å². The summed E-state index contributed by atoms with van der Waals surface area (Å²) in [6, 6.07) is 13.0. The highest BCUT2D eigenvalue weighted by atomic mass is 16.3. The number of para-hydroxylation sites is 1. The van der Waals surface area contributed by atoms with Crippen LogP contribution in [0.5, 0.6) is 5.75 Å². The lowest BCUT2D eigenvalue weighted by atomic mass is 9.94. The summed E-state index contributed by atoms with van der Waals surface area (Å²) in [6.45, 7) is 2.87. The lowest BCUT2D eigenvalue weighted by Gasteiger charge is -2.26. The summed E-state index contributed by atoms with van der Waals surface area (Å²) < 4.78 is 0. The second-order valence-corrected chi connectivity index (χ2v) is 7.22. The Bertz CT molecular complexity index is 932. The van der Waals surface area contributed by atoms with Crippen molar-refractivity contribution in [3.8, 4) is 5.75 Å². The van der Waals surface area contributed by atoms with Crippen molar-refractivity contribution in [3.63, 3.8) is 0 Å². The molecule has 6 nitrogen and oxygen atoms in total. The van der Waals surface area contributed by atoms with Gasteiger partial charge in [-0.15, -0.1) is 0 Å². The van der Waals surface area contributed by atoms with E-state index < -0.39 is 17.7 Å². The van der Waals surface area contributed by atoms with Crippen LogP contribution in [-0.2, 0) is 9.59 Å². The number of benzene rings is 2. The SMILES string of the molecule is Cc1ccc([C@H]2C(=C(O)c3ccccc3O)C(=O)C(=O)N2CCN(C)C)cc1. The van der Waals surface area contributed by atoms with Crippen molar-refractivity contribution in [3.05, 3.63) is 70.8 Å². The molecule has 146 valence electrons.